The van der Waals surface area contributed by atoms with Gasteiger partial charge >= 0.3 is 5.97 Å². The summed E-state index contributed by atoms with van der Waals surface area (Å²) in [6.07, 6.45) is 1.59. The molecule has 0 unspecified atom stereocenters. The molecule has 2 heterocycles. The van der Waals surface area contributed by atoms with E-state index in [2.05, 4.69) is 14.7 Å². The molecule has 0 amide bonds. The predicted octanol–water partition coefficient (Wildman–Crippen LogP) is 1.51. The summed E-state index contributed by atoms with van der Waals surface area (Å²) >= 11 is 0. The number of nitrogen functional groups attached to an aromatic ring is 1. The maximum Gasteiger partial charge on any atom is 0.356 e. The lowest BCUT2D eigenvalue weighted by Gasteiger charge is -2.03. The number of aromatic nitrogens is 2. The van der Waals surface area contributed by atoms with E-state index in [9.17, 15) is 4.79 Å². The van der Waals surface area contributed by atoms with Gasteiger partial charge in [-0.3, -0.25) is 4.98 Å². The third-order valence-electron chi connectivity index (χ3n) is 2.19. The summed E-state index contributed by atoms with van der Waals surface area (Å²) in [7, 11) is 1.31. The molecule has 0 aliphatic carbocycles. The fourth-order valence-electron chi connectivity index (χ4n) is 1.38. The lowest BCUT2D eigenvalue weighted by molar-refractivity contribution is 0.0594. The molecule has 0 aliphatic heterocycles. The Bertz CT molecular complexity index is 555. The first-order valence-corrected chi connectivity index (χ1v) is 4.98. The molecular weight excluding hydrogens is 218 g/mol. The highest BCUT2D eigenvalue weighted by Crippen LogP contribution is 2.16. The molecule has 0 fully saturated rings. The van der Waals surface area contributed by atoms with Crippen molar-refractivity contribution in [2.75, 3.05) is 12.8 Å². The topological polar surface area (TPSA) is 78.1 Å². The molecule has 5 nitrogen and oxygen atoms in total. The molecule has 0 bridgehead atoms. The van der Waals surface area contributed by atoms with Gasteiger partial charge in [-0.05, 0) is 24.3 Å². The third kappa shape index (κ3) is 2.39. The minimum atomic E-state index is -0.476. The Kier molecular flexibility index (Phi) is 3.00. The van der Waals surface area contributed by atoms with Crippen LogP contribution in [0.25, 0.3) is 11.4 Å². The maximum absolute atomic E-state index is 11.3. The van der Waals surface area contributed by atoms with Crippen LogP contribution in [0.3, 0.4) is 0 Å². The van der Waals surface area contributed by atoms with Crippen LogP contribution < -0.4 is 5.73 Å². The quantitative estimate of drug-likeness (QED) is 0.790. The molecule has 0 saturated heterocycles. The molecule has 2 rings (SSSR count). The van der Waals surface area contributed by atoms with E-state index in [4.69, 9.17) is 5.73 Å². The van der Waals surface area contributed by atoms with E-state index in [-0.39, 0.29) is 5.69 Å². The van der Waals surface area contributed by atoms with Crippen molar-refractivity contribution in [3.05, 3.63) is 42.2 Å². The molecule has 0 spiro atoms. The minimum absolute atomic E-state index is 0.245. The van der Waals surface area contributed by atoms with E-state index < -0.39 is 5.97 Å². The molecule has 86 valence electrons. The van der Waals surface area contributed by atoms with Gasteiger partial charge in [-0.2, -0.15) is 0 Å². The van der Waals surface area contributed by atoms with Gasteiger partial charge in [0.15, 0.2) is 0 Å². The van der Waals surface area contributed by atoms with E-state index in [1.807, 2.05) is 0 Å². The van der Waals surface area contributed by atoms with Crippen molar-refractivity contribution in [1.29, 1.82) is 0 Å². The van der Waals surface area contributed by atoms with Gasteiger partial charge in [0.2, 0.25) is 0 Å². The zero-order valence-corrected chi connectivity index (χ0v) is 9.25. The highest BCUT2D eigenvalue weighted by molar-refractivity contribution is 5.87. The van der Waals surface area contributed by atoms with E-state index in [1.54, 1.807) is 36.5 Å². The second-order valence-electron chi connectivity index (χ2n) is 3.37. The third-order valence-corrected chi connectivity index (χ3v) is 2.19. The second kappa shape index (κ2) is 4.61. The van der Waals surface area contributed by atoms with Crippen molar-refractivity contribution in [1.82, 2.24) is 9.97 Å². The number of hydrogen-bond donors (Lipinski definition) is 1. The van der Waals surface area contributed by atoms with Crippen LogP contribution in [0, 0.1) is 0 Å². The first kappa shape index (κ1) is 11.1. The van der Waals surface area contributed by atoms with Gasteiger partial charge in [-0.1, -0.05) is 6.07 Å². The zero-order valence-electron chi connectivity index (χ0n) is 9.25. The summed E-state index contributed by atoms with van der Waals surface area (Å²) in [6, 6.07) is 8.45. The van der Waals surface area contributed by atoms with Crippen molar-refractivity contribution in [3.63, 3.8) is 0 Å². The molecule has 17 heavy (non-hydrogen) atoms. The smallest absolute Gasteiger partial charge is 0.356 e. The first-order valence-electron chi connectivity index (χ1n) is 4.98. The van der Waals surface area contributed by atoms with Crippen LogP contribution in [0.4, 0.5) is 5.69 Å². The van der Waals surface area contributed by atoms with Crippen molar-refractivity contribution >= 4 is 11.7 Å². The summed E-state index contributed by atoms with van der Waals surface area (Å²) in [5, 5.41) is 0. The molecule has 0 aromatic carbocycles. The Balaban J connectivity index is 2.43. The standard InChI is InChI=1S/C12H11N3O2/c1-17-12(16)10-4-2-3-9(15-10)11-7-8(13)5-6-14-11/h2-7H,1H3,(H2,13,14). The van der Waals surface area contributed by atoms with Crippen LogP contribution >= 0.6 is 0 Å². The van der Waals surface area contributed by atoms with Crippen LogP contribution in [0.5, 0.6) is 0 Å². The molecular formula is C12H11N3O2. The largest absolute Gasteiger partial charge is 0.464 e. The van der Waals surface area contributed by atoms with Gasteiger partial charge in [0, 0.05) is 11.9 Å². The van der Waals surface area contributed by atoms with Gasteiger partial charge in [-0.15, -0.1) is 0 Å². The summed E-state index contributed by atoms with van der Waals surface area (Å²) < 4.78 is 4.60. The number of carbonyl (C=O) groups excluding carboxylic acids is 1. The Morgan fingerprint density at radius 3 is 2.82 bits per heavy atom. The number of pyridine rings is 2. The van der Waals surface area contributed by atoms with Gasteiger partial charge in [0.05, 0.1) is 18.5 Å². The Morgan fingerprint density at radius 1 is 1.29 bits per heavy atom. The zero-order chi connectivity index (χ0) is 12.3. The second-order valence-corrected chi connectivity index (χ2v) is 3.37. The summed E-state index contributed by atoms with van der Waals surface area (Å²) in [5.41, 5.74) is 7.71. The SMILES string of the molecule is COC(=O)c1cccc(-c2cc(N)ccn2)n1. The van der Waals surface area contributed by atoms with Crippen molar-refractivity contribution in [2.45, 2.75) is 0 Å². The van der Waals surface area contributed by atoms with Crippen LogP contribution in [-0.2, 0) is 4.74 Å². The normalized spacial score (nSPS) is 9.94. The molecule has 0 saturated carbocycles. The molecule has 5 heteroatoms. The van der Waals surface area contributed by atoms with E-state index in [1.165, 1.54) is 7.11 Å². The Morgan fingerprint density at radius 2 is 2.12 bits per heavy atom. The number of nitrogens with two attached hydrogens (primary N) is 1. The number of rotatable bonds is 2. The van der Waals surface area contributed by atoms with Gasteiger partial charge in [0.1, 0.15) is 5.69 Å². The molecule has 2 N–H and O–H groups in total. The lowest BCUT2D eigenvalue weighted by atomic mass is 10.2. The summed E-state index contributed by atoms with van der Waals surface area (Å²) in [6.45, 7) is 0. The fraction of sp³-hybridized carbons (Fsp3) is 0.0833. The number of ether oxygens (including phenoxy) is 1. The first-order chi connectivity index (χ1) is 8.20. The fourth-order valence-corrected chi connectivity index (χ4v) is 1.38. The molecule has 0 atom stereocenters. The minimum Gasteiger partial charge on any atom is -0.464 e. The van der Waals surface area contributed by atoms with Gasteiger partial charge in [-0.25, -0.2) is 9.78 Å². The van der Waals surface area contributed by atoms with E-state index >= 15 is 0 Å². The molecule has 0 aliphatic rings. The van der Waals surface area contributed by atoms with Crippen LogP contribution in [0.1, 0.15) is 10.5 Å². The monoisotopic (exact) mass is 229 g/mol. The van der Waals surface area contributed by atoms with Crippen molar-refractivity contribution in [2.24, 2.45) is 0 Å². The average Bonchev–Trinajstić information content (AvgIpc) is 2.38. The number of carbonyl (C=O) groups is 1. The number of nitrogens with zero attached hydrogens (tertiary/aromatic N) is 2. The van der Waals surface area contributed by atoms with Crippen molar-refractivity contribution in [3.8, 4) is 11.4 Å². The number of anilines is 1. The summed E-state index contributed by atoms with van der Waals surface area (Å²) in [4.78, 5) is 19.6. The van der Waals surface area contributed by atoms with Gasteiger partial charge in [0.25, 0.3) is 0 Å². The highest BCUT2D eigenvalue weighted by Gasteiger charge is 2.09. The number of methoxy groups -OCH3 is 1. The van der Waals surface area contributed by atoms with E-state index in [0.29, 0.717) is 17.1 Å². The lowest BCUT2D eigenvalue weighted by Crippen LogP contribution is -2.04. The molecule has 2 aromatic rings. The summed E-state index contributed by atoms with van der Waals surface area (Å²) in [5.74, 6) is -0.476. The highest BCUT2D eigenvalue weighted by atomic mass is 16.5. The molecule has 0 radical (unpaired) electrons. The van der Waals surface area contributed by atoms with Crippen LogP contribution in [0.15, 0.2) is 36.5 Å². The average molecular weight is 229 g/mol. The van der Waals surface area contributed by atoms with Crippen LogP contribution in [0.2, 0.25) is 0 Å². The maximum atomic E-state index is 11.3. The predicted molar refractivity (Wildman–Crippen MR) is 63.2 cm³/mol. The number of hydrogen-bond acceptors (Lipinski definition) is 5. The van der Waals surface area contributed by atoms with Crippen molar-refractivity contribution < 1.29 is 9.53 Å². The number of esters is 1. The van der Waals surface area contributed by atoms with Crippen LogP contribution in [-0.4, -0.2) is 23.0 Å². The van der Waals surface area contributed by atoms with Gasteiger partial charge < -0.3 is 10.5 Å². The Hall–Kier alpha value is -2.43. The Labute approximate surface area is 98.3 Å². The van der Waals surface area contributed by atoms with E-state index in [0.717, 1.165) is 0 Å². The molecule has 2 aromatic heterocycles.